The van der Waals surface area contributed by atoms with Crippen molar-refractivity contribution in [1.29, 1.82) is 0 Å². The lowest BCUT2D eigenvalue weighted by atomic mass is 10.1. The van der Waals surface area contributed by atoms with Gasteiger partial charge in [-0.25, -0.2) is 0 Å². The van der Waals surface area contributed by atoms with E-state index in [9.17, 15) is 0 Å². The Labute approximate surface area is 103 Å². The number of benzene rings is 1. The van der Waals surface area contributed by atoms with E-state index in [0.29, 0.717) is 6.04 Å². The fourth-order valence-electron chi connectivity index (χ4n) is 2.74. The van der Waals surface area contributed by atoms with Gasteiger partial charge in [-0.3, -0.25) is 0 Å². The molecule has 0 aliphatic carbocycles. The van der Waals surface area contributed by atoms with Crippen LogP contribution in [-0.2, 0) is 6.42 Å². The Kier molecular flexibility index (Phi) is 2.93. The van der Waals surface area contributed by atoms with Gasteiger partial charge in [-0.05, 0) is 44.5 Å². The van der Waals surface area contributed by atoms with E-state index in [0.717, 1.165) is 25.3 Å². The normalized spacial score (nSPS) is 23.5. The van der Waals surface area contributed by atoms with Crippen molar-refractivity contribution in [2.75, 3.05) is 32.1 Å². The summed E-state index contributed by atoms with van der Waals surface area (Å²) in [6, 6.07) is 7.01. The molecule has 0 radical (unpaired) electrons. The van der Waals surface area contributed by atoms with Gasteiger partial charge in [0.2, 0.25) is 0 Å². The summed E-state index contributed by atoms with van der Waals surface area (Å²) in [6.45, 7) is 3.08. The first-order valence-corrected chi connectivity index (χ1v) is 6.53. The van der Waals surface area contributed by atoms with Crippen LogP contribution in [0, 0.1) is 0 Å². The van der Waals surface area contributed by atoms with Crippen LogP contribution in [0.2, 0.25) is 0 Å². The maximum absolute atomic E-state index is 5.90. The van der Waals surface area contributed by atoms with E-state index in [4.69, 9.17) is 4.74 Å². The predicted octanol–water partition coefficient (Wildman–Crippen LogP) is 2.13. The van der Waals surface area contributed by atoms with E-state index in [1.807, 2.05) is 0 Å². The molecule has 0 bridgehead atoms. The largest absolute Gasteiger partial charge is 0.492 e. The van der Waals surface area contributed by atoms with Crippen LogP contribution >= 0.6 is 0 Å². The Morgan fingerprint density at radius 3 is 3.24 bits per heavy atom. The summed E-state index contributed by atoms with van der Waals surface area (Å²) >= 11 is 0. The molecule has 1 unspecified atom stereocenters. The SMILES string of the molecule is CN1CCCC1COc1ccc2c(c1)NCC2. The summed E-state index contributed by atoms with van der Waals surface area (Å²) < 4.78 is 5.90. The molecule has 0 spiro atoms. The fourth-order valence-corrected chi connectivity index (χ4v) is 2.74. The second kappa shape index (κ2) is 4.57. The highest BCUT2D eigenvalue weighted by molar-refractivity contribution is 5.58. The van der Waals surface area contributed by atoms with Crippen LogP contribution in [0.3, 0.4) is 0 Å². The van der Waals surface area contributed by atoms with E-state index < -0.39 is 0 Å². The molecule has 2 aliphatic rings. The molecular weight excluding hydrogens is 212 g/mol. The average Bonchev–Trinajstić information content (AvgIpc) is 2.94. The summed E-state index contributed by atoms with van der Waals surface area (Å²) in [6.07, 6.45) is 3.71. The number of nitrogens with zero attached hydrogens (tertiary/aromatic N) is 1. The van der Waals surface area contributed by atoms with Gasteiger partial charge in [0.15, 0.2) is 0 Å². The monoisotopic (exact) mass is 232 g/mol. The second-order valence-corrected chi connectivity index (χ2v) is 5.08. The molecule has 0 saturated carbocycles. The summed E-state index contributed by atoms with van der Waals surface area (Å²) in [5.41, 5.74) is 2.66. The van der Waals surface area contributed by atoms with Crippen LogP contribution in [0.15, 0.2) is 18.2 Å². The van der Waals surface area contributed by atoms with Gasteiger partial charge in [-0.1, -0.05) is 6.07 Å². The standard InChI is InChI=1S/C14H20N2O/c1-16-8-2-3-12(16)10-17-13-5-4-11-6-7-15-14(11)9-13/h4-5,9,12,15H,2-3,6-8,10H2,1H3. The minimum absolute atomic E-state index is 0.594. The number of hydrogen-bond acceptors (Lipinski definition) is 3. The summed E-state index contributed by atoms with van der Waals surface area (Å²) in [5.74, 6) is 0.999. The van der Waals surface area contributed by atoms with E-state index in [1.54, 1.807) is 0 Å². The zero-order valence-corrected chi connectivity index (χ0v) is 10.4. The first-order valence-electron chi connectivity index (χ1n) is 6.53. The van der Waals surface area contributed by atoms with E-state index in [2.05, 4.69) is 35.5 Å². The highest BCUT2D eigenvalue weighted by atomic mass is 16.5. The Morgan fingerprint density at radius 2 is 2.41 bits per heavy atom. The van der Waals surface area contributed by atoms with Crippen molar-refractivity contribution in [3.05, 3.63) is 23.8 Å². The van der Waals surface area contributed by atoms with Crippen LogP contribution in [0.4, 0.5) is 5.69 Å². The Balaban J connectivity index is 1.61. The van der Waals surface area contributed by atoms with Gasteiger partial charge in [0.1, 0.15) is 12.4 Å². The van der Waals surface area contributed by atoms with Gasteiger partial charge in [-0.15, -0.1) is 0 Å². The first-order chi connectivity index (χ1) is 8.33. The minimum Gasteiger partial charge on any atom is -0.492 e. The van der Waals surface area contributed by atoms with Crippen molar-refractivity contribution in [3.8, 4) is 5.75 Å². The number of rotatable bonds is 3. The third-order valence-corrected chi connectivity index (χ3v) is 3.91. The summed E-state index contributed by atoms with van der Waals surface area (Å²) in [4.78, 5) is 2.39. The minimum atomic E-state index is 0.594. The quantitative estimate of drug-likeness (QED) is 0.864. The zero-order valence-electron chi connectivity index (χ0n) is 10.4. The topological polar surface area (TPSA) is 24.5 Å². The van der Waals surface area contributed by atoms with Gasteiger partial charge in [0.05, 0.1) is 0 Å². The highest BCUT2D eigenvalue weighted by Crippen LogP contribution is 2.27. The third-order valence-electron chi connectivity index (χ3n) is 3.91. The smallest absolute Gasteiger partial charge is 0.121 e. The lowest BCUT2D eigenvalue weighted by Gasteiger charge is -2.19. The molecule has 1 fully saturated rings. The third kappa shape index (κ3) is 2.25. The molecule has 3 nitrogen and oxygen atoms in total. The molecular formula is C14H20N2O. The van der Waals surface area contributed by atoms with Crippen molar-refractivity contribution >= 4 is 5.69 Å². The Hall–Kier alpha value is -1.22. The molecule has 2 aliphatic heterocycles. The van der Waals surface area contributed by atoms with Gasteiger partial charge >= 0.3 is 0 Å². The number of fused-ring (bicyclic) bond motifs is 1. The molecule has 2 heterocycles. The van der Waals surface area contributed by atoms with Crippen LogP contribution in [0.1, 0.15) is 18.4 Å². The van der Waals surface area contributed by atoms with Crippen molar-refractivity contribution in [3.63, 3.8) is 0 Å². The van der Waals surface area contributed by atoms with Gasteiger partial charge < -0.3 is 15.0 Å². The van der Waals surface area contributed by atoms with Crippen LogP contribution in [0.25, 0.3) is 0 Å². The fraction of sp³-hybridized carbons (Fsp3) is 0.571. The predicted molar refractivity (Wildman–Crippen MR) is 69.8 cm³/mol. The van der Waals surface area contributed by atoms with Crippen molar-refractivity contribution in [2.45, 2.75) is 25.3 Å². The Morgan fingerprint density at radius 1 is 1.47 bits per heavy atom. The molecule has 0 amide bonds. The molecule has 3 heteroatoms. The number of ether oxygens (including phenoxy) is 1. The molecule has 1 N–H and O–H groups in total. The maximum Gasteiger partial charge on any atom is 0.121 e. The van der Waals surface area contributed by atoms with Crippen LogP contribution in [0.5, 0.6) is 5.75 Å². The Bertz CT molecular complexity index is 405. The molecule has 1 aromatic rings. The number of anilines is 1. The summed E-state index contributed by atoms with van der Waals surface area (Å²) in [7, 11) is 2.19. The van der Waals surface area contributed by atoms with E-state index >= 15 is 0 Å². The molecule has 0 aromatic heterocycles. The lowest BCUT2D eigenvalue weighted by Crippen LogP contribution is -2.30. The van der Waals surface area contributed by atoms with E-state index in [-0.39, 0.29) is 0 Å². The average molecular weight is 232 g/mol. The van der Waals surface area contributed by atoms with Gasteiger partial charge in [0.25, 0.3) is 0 Å². The van der Waals surface area contributed by atoms with E-state index in [1.165, 1.54) is 30.6 Å². The number of hydrogen-bond donors (Lipinski definition) is 1. The van der Waals surface area contributed by atoms with Crippen LogP contribution in [-0.4, -0.2) is 37.7 Å². The summed E-state index contributed by atoms with van der Waals surface area (Å²) in [5, 5.41) is 3.39. The maximum atomic E-state index is 5.90. The molecule has 1 aromatic carbocycles. The number of likely N-dealkylation sites (tertiary alicyclic amines) is 1. The first kappa shape index (κ1) is 10.9. The van der Waals surface area contributed by atoms with Crippen LogP contribution < -0.4 is 10.1 Å². The molecule has 3 rings (SSSR count). The van der Waals surface area contributed by atoms with Crippen molar-refractivity contribution in [2.24, 2.45) is 0 Å². The van der Waals surface area contributed by atoms with Gasteiger partial charge in [-0.2, -0.15) is 0 Å². The van der Waals surface area contributed by atoms with Crippen molar-refractivity contribution in [1.82, 2.24) is 4.90 Å². The lowest BCUT2D eigenvalue weighted by molar-refractivity contribution is 0.198. The second-order valence-electron chi connectivity index (χ2n) is 5.08. The highest BCUT2D eigenvalue weighted by Gasteiger charge is 2.21. The molecule has 92 valence electrons. The van der Waals surface area contributed by atoms with Gasteiger partial charge in [0, 0.05) is 24.3 Å². The number of likely N-dealkylation sites (N-methyl/N-ethyl adjacent to an activating group) is 1. The molecule has 1 saturated heterocycles. The van der Waals surface area contributed by atoms with Crippen molar-refractivity contribution < 1.29 is 4.74 Å². The zero-order chi connectivity index (χ0) is 11.7. The number of nitrogens with one attached hydrogen (secondary N) is 1. The molecule has 1 atom stereocenters. The molecule has 17 heavy (non-hydrogen) atoms.